The molecule has 5 heteroatoms. The Labute approximate surface area is 120 Å². The Morgan fingerprint density at radius 1 is 0.762 bits per heavy atom. The number of nitrogens with zero attached hydrogens (tertiary/aromatic N) is 2. The van der Waals surface area contributed by atoms with Crippen LogP contribution in [0.2, 0.25) is 0 Å². The van der Waals surface area contributed by atoms with Crippen LogP contribution in [0.1, 0.15) is 22.3 Å². The molecule has 0 saturated heterocycles. The Morgan fingerprint density at radius 2 is 1.19 bits per heavy atom. The van der Waals surface area contributed by atoms with Gasteiger partial charge in [-0.15, -0.1) is 0 Å². The van der Waals surface area contributed by atoms with Crippen LogP contribution in [0.3, 0.4) is 0 Å². The van der Waals surface area contributed by atoms with Gasteiger partial charge in [-0.3, -0.25) is 0 Å². The summed E-state index contributed by atoms with van der Waals surface area (Å²) in [6.45, 7) is 1.99. The average molecular weight is 290 g/mol. The van der Waals surface area contributed by atoms with Gasteiger partial charge in [-0.1, -0.05) is 42.0 Å². The van der Waals surface area contributed by atoms with E-state index in [1.54, 1.807) is 6.21 Å². The first-order valence-electron chi connectivity index (χ1n) is 6.25. The van der Waals surface area contributed by atoms with Crippen LogP contribution >= 0.6 is 0 Å². The largest absolute Gasteiger partial charge is 0.416 e. The summed E-state index contributed by atoms with van der Waals surface area (Å²) in [5.74, 6) is 0. The van der Waals surface area contributed by atoms with E-state index in [4.69, 9.17) is 0 Å². The quantitative estimate of drug-likeness (QED) is 0.588. The SMILES string of the molecule is Cc1ccc(/C=N/N=C/c2ccc(C(F)(F)F)cc2)cc1. The van der Waals surface area contributed by atoms with Crippen molar-refractivity contribution < 1.29 is 13.2 Å². The van der Waals surface area contributed by atoms with Gasteiger partial charge >= 0.3 is 6.18 Å². The smallest absolute Gasteiger partial charge is 0.166 e. The van der Waals surface area contributed by atoms with Crippen molar-refractivity contribution in [2.75, 3.05) is 0 Å². The van der Waals surface area contributed by atoms with Gasteiger partial charge in [0, 0.05) is 0 Å². The molecular formula is C16H13F3N2. The third-order valence-corrected chi connectivity index (χ3v) is 2.80. The van der Waals surface area contributed by atoms with Gasteiger partial charge in [-0.05, 0) is 30.2 Å². The standard InChI is InChI=1S/C16H13F3N2/c1-12-2-4-13(5-3-12)10-20-21-11-14-6-8-15(9-7-14)16(17,18)19/h2-11H,1H3/b20-10+,21-11+. The third-order valence-electron chi connectivity index (χ3n) is 2.80. The van der Waals surface area contributed by atoms with Crippen molar-refractivity contribution >= 4 is 12.4 Å². The molecule has 2 aromatic rings. The molecule has 0 radical (unpaired) electrons. The lowest BCUT2D eigenvalue weighted by atomic mass is 10.1. The lowest BCUT2D eigenvalue weighted by Crippen LogP contribution is -2.04. The summed E-state index contributed by atoms with van der Waals surface area (Å²) in [6, 6.07) is 12.5. The van der Waals surface area contributed by atoms with E-state index in [0.717, 1.165) is 23.3 Å². The highest BCUT2D eigenvalue weighted by Crippen LogP contribution is 2.28. The molecule has 0 aromatic heterocycles. The first-order valence-corrected chi connectivity index (χ1v) is 6.25. The molecule has 0 aliphatic carbocycles. The Balaban J connectivity index is 1.99. The Hall–Kier alpha value is -2.43. The summed E-state index contributed by atoms with van der Waals surface area (Å²) in [5, 5.41) is 7.67. The number of halogens is 3. The van der Waals surface area contributed by atoms with Gasteiger partial charge in [-0.2, -0.15) is 23.4 Å². The van der Waals surface area contributed by atoms with Gasteiger partial charge in [0.1, 0.15) is 0 Å². The molecule has 0 amide bonds. The predicted molar refractivity (Wildman–Crippen MR) is 77.8 cm³/mol. The summed E-state index contributed by atoms with van der Waals surface area (Å²) in [6.07, 6.45) is -1.33. The summed E-state index contributed by atoms with van der Waals surface area (Å²) in [7, 11) is 0. The normalized spacial score (nSPS) is 12.4. The molecule has 0 N–H and O–H groups in total. The first-order chi connectivity index (χ1) is 9.95. The van der Waals surface area contributed by atoms with E-state index >= 15 is 0 Å². The van der Waals surface area contributed by atoms with Gasteiger partial charge in [-0.25, -0.2) is 0 Å². The van der Waals surface area contributed by atoms with Crippen molar-refractivity contribution in [3.05, 3.63) is 70.8 Å². The zero-order valence-electron chi connectivity index (χ0n) is 11.3. The highest BCUT2D eigenvalue weighted by atomic mass is 19.4. The van der Waals surface area contributed by atoms with E-state index in [-0.39, 0.29) is 0 Å². The van der Waals surface area contributed by atoms with Gasteiger partial charge in [0.25, 0.3) is 0 Å². The van der Waals surface area contributed by atoms with Gasteiger partial charge in [0.15, 0.2) is 0 Å². The molecule has 2 aromatic carbocycles. The van der Waals surface area contributed by atoms with Crippen LogP contribution in [-0.4, -0.2) is 12.4 Å². The highest BCUT2D eigenvalue weighted by Gasteiger charge is 2.29. The third kappa shape index (κ3) is 4.56. The Kier molecular flexibility index (Phi) is 4.52. The van der Waals surface area contributed by atoms with E-state index in [1.807, 2.05) is 31.2 Å². The summed E-state index contributed by atoms with van der Waals surface area (Å²) in [4.78, 5) is 0. The first kappa shape index (κ1) is 15.0. The van der Waals surface area contributed by atoms with Crippen LogP contribution in [0.5, 0.6) is 0 Å². The van der Waals surface area contributed by atoms with Crippen LogP contribution in [0.15, 0.2) is 58.7 Å². The van der Waals surface area contributed by atoms with E-state index in [0.29, 0.717) is 5.56 Å². The van der Waals surface area contributed by atoms with Crippen molar-refractivity contribution in [3.63, 3.8) is 0 Å². The van der Waals surface area contributed by atoms with Gasteiger partial charge in [0.05, 0.1) is 18.0 Å². The molecule has 2 rings (SSSR count). The molecule has 0 fully saturated rings. The topological polar surface area (TPSA) is 24.7 Å². The summed E-state index contributed by atoms with van der Waals surface area (Å²) < 4.78 is 37.2. The fourth-order valence-corrected chi connectivity index (χ4v) is 1.61. The molecular weight excluding hydrogens is 277 g/mol. The molecule has 2 nitrogen and oxygen atoms in total. The molecule has 0 bridgehead atoms. The summed E-state index contributed by atoms with van der Waals surface area (Å²) >= 11 is 0. The second kappa shape index (κ2) is 6.35. The van der Waals surface area contributed by atoms with E-state index in [1.165, 1.54) is 18.3 Å². The maximum absolute atomic E-state index is 12.4. The minimum atomic E-state index is -4.32. The number of alkyl halides is 3. The van der Waals surface area contributed by atoms with E-state index < -0.39 is 11.7 Å². The molecule has 0 unspecified atom stereocenters. The average Bonchev–Trinajstić information content (AvgIpc) is 2.45. The van der Waals surface area contributed by atoms with E-state index in [2.05, 4.69) is 10.2 Å². The number of rotatable bonds is 3. The number of benzene rings is 2. The lowest BCUT2D eigenvalue weighted by Gasteiger charge is -2.05. The van der Waals surface area contributed by atoms with E-state index in [9.17, 15) is 13.2 Å². The molecule has 21 heavy (non-hydrogen) atoms. The van der Waals surface area contributed by atoms with Crippen LogP contribution in [0.25, 0.3) is 0 Å². The molecule has 0 aliphatic heterocycles. The van der Waals surface area contributed by atoms with Crippen LogP contribution in [0, 0.1) is 6.92 Å². The van der Waals surface area contributed by atoms with Gasteiger partial charge < -0.3 is 0 Å². The van der Waals surface area contributed by atoms with Crippen molar-refractivity contribution in [2.24, 2.45) is 10.2 Å². The van der Waals surface area contributed by atoms with Gasteiger partial charge in [0.2, 0.25) is 0 Å². The second-order valence-electron chi connectivity index (χ2n) is 4.52. The van der Waals surface area contributed by atoms with Crippen LogP contribution < -0.4 is 0 Å². The number of hydrogen-bond donors (Lipinski definition) is 0. The monoisotopic (exact) mass is 290 g/mol. The fraction of sp³-hybridized carbons (Fsp3) is 0.125. The molecule has 0 aliphatic rings. The molecule has 0 atom stereocenters. The maximum atomic E-state index is 12.4. The lowest BCUT2D eigenvalue weighted by molar-refractivity contribution is -0.137. The zero-order valence-corrected chi connectivity index (χ0v) is 11.3. The molecule has 108 valence electrons. The second-order valence-corrected chi connectivity index (χ2v) is 4.52. The minimum Gasteiger partial charge on any atom is -0.166 e. The zero-order chi connectivity index (χ0) is 15.3. The van der Waals surface area contributed by atoms with Crippen LogP contribution in [0.4, 0.5) is 13.2 Å². The van der Waals surface area contributed by atoms with Crippen molar-refractivity contribution in [2.45, 2.75) is 13.1 Å². The van der Waals surface area contributed by atoms with Crippen LogP contribution in [-0.2, 0) is 6.18 Å². The predicted octanol–water partition coefficient (Wildman–Crippen LogP) is 4.47. The number of aryl methyl sites for hydroxylation is 1. The van der Waals surface area contributed by atoms with Crippen molar-refractivity contribution in [1.82, 2.24) is 0 Å². The minimum absolute atomic E-state index is 0.559. The summed E-state index contributed by atoms with van der Waals surface area (Å²) in [5.41, 5.74) is 1.94. The molecule has 0 spiro atoms. The Morgan fingerprint density at radius 3 is 1.62 bits per heavy atom. The van der Waals surface area contributed by atoms with Crippen molar-refractivity contribution in [3.8, 4) is 0 Å². The maximum Gasteiger partial charge on any atom is 0.416 e. The highest BCUT2D eigenvalue weighted by molar-refractivity contribution is 5.82. The molecule has 0 heterocycles. The number of hydrogen-bond acceptors (Lipinski definition) is 2. The fourth-order valence-electron chi connectivity index (χ4n) is 1.61. The molecule has 0 saturated carbocycles. The Bertz CT molecular complexity index is 639. The van der Waals surface area contributed by atoms with Crippen molar-refractivity contribution in [1.29, 1.82) is 0 Å².